The van der Waals surface area contributed by atoms with Crippen LogP contribution in [-0.4, -0.2) is 65.4 Å². The Hall–Kier alpha value is -0.950. The molecule has 6 nitrogen and oxygen atoms in total. The maximum atomic E-state index is 12.1. The van der Waals surface area contributed by atoms with E-state index in [-0.39, 0.29) is 25.2 Å². The van der Waals surface area contributed by atoms with E-state index in [1.807, 2.05) is 11.8 Å². The molecule has 1 unspecified atom stereocenters. The van der Waals surface area contributed by atoms with Gasteiger partial charge in [-0.25, -0.2) is 9.59 Å². The van der Waals surface area contributed by atoms with Crippen molar-refractivity contribution >= 4 is 23.8 Å². The van der Waals surface area contributed by atoms with Gasteiger partial charge in [-0.3, -0.25) is 0 Å². The monoisotopic (exact) mass is 302 g/mol. The molecule has 0 bridgehead atoms. The molecule has 2 fully saturated rings. The van der Waals surface area contributed by atoms with Crippen LogP contribution >= 0.6 is 11.8 Å². The molecule has 0 aromatic rings. The van der Waals surface area contributed by atoms with Gasteiger partial charge in [-0.05, 0) is 31.9 Å². The molecule has 0 aromatic carbocycles. The van der Waals surface area contributed by atoms with Crippen molar-refractivity contribution in [1.82, 2.24) is 10.2 Å². The van der Waals surface area contributed by atoms with Gasteiger partial charge in [0.05, 0.1) is 13.2 Å². The number of rotatable bonds is 3. The number of hydrogen-bond acceptors (Lipinski definition) is 4. The maximum absolute atomic E-state index is 12.1. The Balaban J connectivity index is 1.78. The van der Waals surface area contributed by atoms with E-state index in [9.17, 15) is 9.59 Å². The van der Waals surface area contributed by atoms with Gasteiger partial charge in [-0.15, -0.1) is 0 Å². The lowest BCUT2D eigenvalue weighted by Crippen LogP contribution is -2.53. The molecule has 0 aromatic heterocycles. The molecule has 1 atom stereocenters. The van der Waals surface area contributed by atoms with Crippen LogP contribution in [0.15, 0.2) is 0 Å². The van der Waals surface area contributed by atoms with Gasteiger partial charge < -0.3 is 20.1 Å². The van der Waals surface area contributed by atoms with E-state index in [1.165, 1.54) is 0 Å². The first-order chi connectivity index (χ1) is 9.60. The van der Waals surface area contributed by atoms with Crippen molar-refractivity contribution in [3.8, 4) is 0 Å². The van der Waals surface area contributed by atoms with Crippen LogP contribution in [0.5, 0.6) is 0 Å². The molecule has 1 saturated heterocycles. The second kappa shape index (κ2) is 7.17. The number of carbonyl (C=O) groups is 2. The van der Waals surface area contributed by atoms with Crippen LogP contribution in [0.1, 0.15) is 25.7 Å². The normalized spacial score (nSPS) is 30.9. The van der Waals surface area contributed by atoms with Crippen molar-refractivity contribution in [3.05, 3.63) is 0 Å². The Morgan fingerprint density at radius 3 is 2.60 bits per heavy atom. The third-order valence-corrected chi connectivity index (χ3v) is 5.10. The van der Waals surface area contributed by atoms with Crippen LogP contribution in [0.2, 0.25) is 0 Å². The topological polar surface area (TPSA) is 78.9 Å². The summed E-state index contributed by atoms with van der Waals surface area (Å²) in [4.78, 5) is 24.6. The molecule has 1 aliphatic heterocycles. The summed E-state index contributed by atoms with van der Waals surface area (Å²) in [6.45, 7) is 0.862. The van der Waals surface area contributed by atoms with Gasteiger partial charge in [-0.1, -0.05) is 0 Å². The number of nitrogens with zero attached hydrogens (tertiary/aromatic N) is 1. The molecule has 2 rings (SSSR count). The third kappa shape index (κ3) is 4.02. The fourth-order valence-electron chi connectivity index (χ4n) is 2.69. The highest BCUT2D eigenvalue weighted by Gasteiger charge is 2.30. The highest BCUT2D eigenvalue weighted by molar-refractivity contribution is 7.99. The molecule has 1 saturated carbocycles. The number of aliphatic carboxylic acids is 1. The van der Waals surface area contributed by atoms with E-state index < -0.39 is 12.1 Å². The van der Waals surface area contributed by atoms with Gasteiger partial charge in [0.15, 0.2) is 6.10 Å². The number of urea groups is 1. The first-order valence-corrected chi connectivity index (χ1v) is 8.31. The summed E-state index contributed by atoms with van der Waals surface area (Å²) in [6.07, 6.45) is 5.50. The van der Waals surface area contributed by atoms with Crippen molar-refractivity contribution in [1.29, 1.82) is 0 Å². The van der Waals surface area contributed by atoms with Gasteiger partial charge in [0, 0.05) is 17.8 Å². The molecular formula is C13H22N2O4S. The minimum atomic E-state index is -1.01. The summed E-state index contributed by atoms with van der Waals surface area (Å²) < 4.78 is 5.11. The van der Waals surface area contributed by atoms with Crippen molar-refractivity contribution < 1.29 is 19.4 Å². The van der Waals surface area contributed by atoms with E-state index in [0.29, 0.717) is 11.8 Å². The quantitative estimate of drug-likeness (QED) is 0.818. The summed E-state index contributed by atoms with van der Waals surface area (Å²) in [5, 5.41) is 12.7. The smallest absolute Gasteiger partial charge is 0.334 e. The van der Waals surface area contributed by atoms with Crippen LogP contribution in [-0.2, 0) is 9.53 Å². The molecular weight excluding hydrogens is 280 g/mol. The van der Waals surface area contributed by atoms with Crippen LogP contribution < -0.4 is 5.32 Å². The van der Waals surface area contributed by atoms with Gasteiger partial charge in [0.2, 0.25) is 0 Å². The van der Waals surface area contributed by atoms with Gasteiger partial charge in [-0.2, -0.15) is 11.8 Å². The number of ether oxygens (including phenoxy) is 1. The summed E-state index contributed by atoms with van der Waals surface area (Å²) >= 11 is 1.89. The van der Waals surface area contributed by atoms with Gasteiger partial charge in [0.1, 0.15) is 0 Å². The first-order valence-electron chi connectivity index (χ1n) is 7.02. The van der Waals surface area contributed by atoms with E-state index >= 15 is 0 Å². The molecule has 7 heteroatoms. The predicted octanol–water partition coefficient (Wildman–Crippen LogP) is 1.16. The Morgan fingerprint density at radius 1 is 1.30 bits per heavy atom. The highest BCUT2D eigenvalue weighted by atomic mass is 32.2. The van der Waals surface area contributed by atoms with Crippen molar-refractivity contribution in [3.63, 3.8) is 0 Å². The summed E-state index contributed by atoms with van der Waals surface area (Å²) in [7, 11) is 0. The molecule has 20 heavy (non-hydrogen) atoms. The third-order valence-electron chi connectivity index (χ3n) is 3.96. The van der Waals surface area contributed by atoms with Gasteiger partial charge >= 0.3 is 12.0 Å². The highest BCUT2D eigenvalue weighted by Crippen LogP contribution is 2.26. The molecule has 2 N–H and O–H groups in total. The molecule has 114 valence electrons. The zero-order valence-corrected chi connectivity index (χ0v) is 12.5. The molecule has 0 spiro atoms. The number of thioether (sulfide) groups is 1. The van der Waals surface area contributed by atoms with E-state index in [0.717, 1.165) is 25.7 Å². The van der Waals surface area contributed by atoms with E-state index in [4.69, 9.17) is 9.84 Å². The zero-order chi connectivity index (χ0) is 14.5. The Bertz CT molecular complexity index is 358. The van der Waals surface area contributed by atoms with Crippen LogP contribution in [0.4, 0.5) is 4.79 Å². The average Bonchev–Trinajstić information content (AvgIpc) is 2.48. The fourth-order valence-corrected chi connectivity index (χ4v) is 3.44. The predicted molar refractivity (Wildman–Crippen MR) is 77.0 cm³/mol. The van der Waals surface area contributed by atoms with E-state index in [2.05, 4.69) is 11.6 Å². The Labute approximate surface area is 123 Å². The first kappa shape index (κ1) is 15.4. The van der Waals surface area contributed by atoms with E-state index in [1.54, 1.807) is 4.90 Å². The second-order valence-corrected chi connectivity index (χ2v) is 6.44. The molecule has 1 heterocycles. The number of carboxylic acid groups (broad SMARTS) is 1. The Morgan fingerprint density at radius 2 is 2.00 bits per heavy atom. The van der Waals surface area contributed by atoms with Crippen LogP contribution in [0.3, 0.4) is 0 Å². The van der Waals surface area contributed by atoms with Crippen molar-refractivity contribution in [2.45, 2.75) is 43.1 Å². The standard InChI is InChI=1S/C13H22N2O4S/c1-20-10-4-2-9(3-5-10)14-13(18)15-6-7-19-11(8-15)12(16)17/h9-11H,2-8H2,1H3,(H,14,18)(H,16,17). The zero-order valence-electron chi connectivity index (χ0n) is 11.7. The number of carboxylic acids is 1. The molecule has 1 aliphatic carbocycles. The van der Waals surface area contributed by atoms with Crippen LogP contribution in [0, 0.1) is 0 Å². The maximum Gasteiger partial charge on any atom is 0.334 e. The summed E-state index contributed by atoms with van der Waals surface area (Å²) in [5.41, 5.74) is 0. The lowest BCUT2D eigenvalue weighted by molar-refractivity contribution is -0.154. The SMILES string of the molecule is CSC1CCC(NC(=O)N2CCOC(C(=O)O)C2)CC1. The Kier molecular flexibility index (Phi) is 5.54. The van der Waals surface area contributed by atoms with Crippen molar-refractivity contribution in [2.24, 2.45) is 0 Å². The fraction of sp³-hybridized carbons (Fsp3) is 0.846. The number of carbonyl (C=O) groups excluding carboxylic acids is 1. The second-order valence-electron chi connectivity index (χ2n) is 5.30. The molecule has 0 radical (unpaired) electrons. The largest absolute Gasteiger partial charge is 0.479 e. The minimum Gasteiger partial charge on any atom is -0.479 e. The average molecular weight is 302 g/mol. The number of morpholine rings is 1. The lowest BCUT2D eigenvalue weighted by Gasteiger charge is -2.34. The minimum absolute atomic E-state index is 0.126. The molecule has 2 amide bonds. The van der Waals surface area contributed by atoms with Gasteiger partial charge in [0.25, 0.3) is 0 Å². The van der Waals surface area contributed by atoms with Crippen molar-refractivity contribution in [2.75, 3.05) is 26.0 Å². The number of amides is 2. The number of nitrogens with one attached hydrogen (secondary N) is 1. The lowest BCUT2D eigenvalue weighted by atomic mass is 9.95. The number of hydrogen-bond donors (Lipinski definition) is 2. The van der Waals surface area contributed by atoms with Crippen LogP contribution in [0.25, 0.3) is 0 Å². The summed E-state index contributed by atoms with van der Waals surface area (Å²) in [6, 6.07) is 0.0594. The summed E-state index contributed by atoms with van der Waals surface area (Å²) in [5.74, 6) is -1.01. The molecule has 2 aliphatic rings.